The van der Waals surface area contributed by atoms with Gasteiger partial charge in [0.1, 0.15) is 11.6 Å². The lowest BCUT2D eigenvalue weighted by atomic mass is 10.3. The zero-order valence-electron chi connectivity index (χ0n) is 11.9. The topological polar surface area (TPSA) is 34.1 Å². The lowest BCUT2D eigenvalue weighted by molar-refractivity contribution is 0.289. The number of nitrogens with zero attached hydrogens (tertiary/aromatic N) is 1. The average Bonchev–Trinajstić information content (AvgIpc) is 2.76. The van der Waals surface area contributed by atoms with Crippen molar-refractivity contribution >= 4 is 11.3 Å². The van der Waals surface area contributed by atoms with Gasteiger partial charge >= 0.3 is 0 Å². The fraction of sp³-hybridized carbons (Fsp3) is 0.400. The van der Waals surface area contributed by atoms with Crippen LogP contribution >= 0.6 is 11.3 Å². The van der Waals surface area contributed by atoms with Crippen LogP contribution in [0.1, 0.15) is 29.4 Å². The number of halogens is 1. The molecule has 20 heavy (non-hydrogen) atoms. The second kappa shape index (κ2) is 6.81. The predicted molar refractivity (Wildman–Crippen MR) is 79.6 cm³/mol. The molecule has 0 spiro atoms. The fourth-order valence-electron chi connectivity index (χ4n) is 1.71. The van der Waals surface area contributed by atoms with Crippen molar-refractivity contribution in [2.45, 2.75) is 40.0 Å². The second-order valence-corrected chi connectivity index (χ2v) is 6.04. The van der Waals surface area contributed by atoms with E-state index in [9.17, 15) is 4.39 Å². The number of para-hydroxylation sites is 1. The molecule has 0 saturated heterocycles. The number of aryl methyl sites for hydroxylation is 1. The molecule has 2 rings (SSSR count). The van der Waals surface area contributed by atoms with Gasteiger partial charge in [-0.15, -0.1) is 11.3 Å². The monoisotopic (exact) mass is 294 g/mol. The van der Waals surface area contributed by atoms with Gasteiger partial charge in [-0.05, 0) is 19.1 Å². The van der Waals surface area contributed by atoms with E-state index in [4.69, 9.17) is 4.74 Å². The lowest BCUT2D eigenvalue weighted by Crippen LogP contribution is -2.21. The van der Waals surface area contributed by atoms with Crippen molar-refractivity contribution < 1.29 is 9.13 Å². The van der Waals surface area contributed by atoms with Crippen molar-refractivity contribution in [1.29, 1.82) is 0 Å². The Morgan fingerprint density at radius 3 is 2.80 bits per heavy atom. The van der Waals surface area contributed by atoms with Gasteiger partial charge in [0.05, 0.1) is 5.69 Å². The van der Waals surface area contributed by atoms with Crippen LogP contribution in [0.4, 0.5) is 4.39 Å². The van der Waals surface area contributed by atoms with E-state index in [1.54, 1.807) is 29.5 Å². The van der Waals surface area contributed by atoms with Gasteiger partial charge in [0, 0.05) is 17.5 Å². The number of ether oxygens (including phenoxy) is 1. The van der Waals surface area contributed by atoms with Gasteiger partial charge in [0.15, 0.2) is 11.6 Å². The summed E-state index contributed by atoms with van der Waals surface area (Å²) in [4.78, 5) is 5.66. The molecule has 1 heterocycles. The molecule has 0 radical (unpaired) electrons. The van der Waals surface area contributed by atoms with E-state index in [-0.39, 0.29) is 11.6 Å². The molecule has 1 aromatic heterocycles. The first-order valence-electron chi connectivity index (χ1n) is 6.62. The number of rotatable bonds is 6. The maximum absolute atomic E-state index is 13.4. The van der Waals surface area contributed by atoms with E-state index in [1.807, 2.05) is 6.92 Å². The first-order valence-corrected chi connectivity index (χ1v) is 7.44. The summed E-state index contributed by atoms with van der Waals surface area (Å²) in [6, 6.07) is 6.85. The average molecular weight is 294 g/mol. The Kier molecular flexibility index (Phi) is 5.09. The molecule has 1 N–H and O–H groups in total. The van der Waals surface area contributed by atoms with E-state index >= 15 is 0 Å². The van der Waals surface area contributed by atoms with Crippen LogP contribution in [-0.4, -0.2) is 11.0 Å². The van der Waals surface area contributed by atoms with Gasteiger partial charge in [-0.25, -0.2) is 9.37 Å². The molecule has 0 aliphatic heterocycles. The molecule has 2 aromatic rings. The summed E-state index contributed by atoms with van der Waals surface area (Å²) in [5.74, 6) is -0.0790. The minimum absolute atomic E-state index is 0.266. The van der Waals surface area contributed by atoms with Crippen molar-refractivity contribution in [1.82, 2.24) is 10.3 Å². The lowest BCUT2D eigenvalue weighted by Gasteiger charge is -2.06. The van der Waals surface area contributed by atoms with E-state index in [1.165, 1.54) is 10.9 Å². The van der Waals surface area contributed by atoms with Crippen LogP contribution in [0.5, 0.6) is 5.75 Å². The molecule has 5 heteroatoms. The molecule has 3 nitrogen and oxygen atoms in total. The Hall–Kier alpha value is -1.46. The summed E-state index contributed by atoms with van der Waals surface area (Å²) in [6.07, 6.45) is 0. The molecule has 0 fully saturated rings. The molecule has 0 atom stereocenters. The molecule has 0 unspecified atom stereocenters. The van der Waals surface area contributed by atoms with Crippen molar-refractivity contribution in [3.63, 3.8) is 0 Å². The Bertz CT molecular complexity index is 569. The third kappa shape index (κ3) is 4.02. The first-order chi connectivity index (χ1) is 9.56. The highest BCUT2D eigenvalue weighted by Crippen LogP contribution is 2.21. The largest absolute Gasteiger partial charge is 0.483 e. The highest BCUT2D eigenvalue weighted by atomic mass is 32.1. The first kappa shape index (κ1) is 14.9. The van der Waals surface area contributed by atoms with Gasteiger partial charge in [-0.2, -0.15) is 0 Å². The molecule has 0 aliphatic carbocycles. The third-order valence-corrected chi connectivity index (χ3v) is 3.93. The zero-order valence-corrected chi connectivity index (χ0v) is 12.8. The summed E-state index contributed by atoms with van der Waals surface area (Å²) in [6.45, 7) is 7.31. The quantitative estimate of drug-likeness (QED) is 0.882. The van der Waals surface area contributed by atoms with Crippen molar-refractivity contribution in [3.05, 3.63) is 45.7 Å². The van der Waals surface area contributed by atoms with Crippen LogP contribution in [0.15, 0.2) is 24.3 Å². The van der Waals surface area contributed by atoms with E-state index in [2.05, 4.69) is 24.1 Å². The Morgan fingerprint density at radius 1 is 1.35 bits per heavy atom. The van der Waals surface area contributed by atoms with Crippen LogP contribution in [0.2, 0.25) is 0 Å². The molecule has 0 aliphatic rings. The Labute approximate surface area is 122 Å². The van der Waals surface area contributed by atoms with Gasteiger partial charge in [-0.3, -0.25) is 0 Å². The van der Waals surface area contributed by atoms with Crippen LogP contribution in [0, 0.1) is 12.7 Å². The number of thiazole rings is 1. The molecular weight excluding hydrogens is 275 g/mol. The second-order valence-electron chi connectivity index (χ2n) is 4.87. The summed E-state index contributed by atoms with van der Waals surface area (Å²) >= 11 is 1.61. The number of benzene rings is 1. The highest BCUT2D eigenvalue weighted by Gasteiger charge is 2.09. The van der Waals surface area contributed by atoms with E-state index in [0.717, 1.165) is 17.2 Å². The minimum atomic E-state index is -0.345. The summed E-state index contributed by atoms with van der Waals surface area (Å²) in [5, 5.41) is 4.24. The normalized spacial score (nSPS) is 11.1. The van der Waals surface area contributed by atoms with E-state index < -0.39 is 0 Å². The summed E-state index contributed by atoms with van der Waals surface area (Å²) in [7, 11) is 0. The molecule has 0 amide bonds. The van der Waals surface area contributed by atoms with Gasteiger partial charge in [0.25, 0.3) is 0 Å². The van der Waals surface area contributed by atoms with Crippen molar-refractivity contribution in [3.8, 4) is 5.75 Å². The molecule has 0 saturated carbocycles. The van der Waals surface area contributed by atoms with Crippen LogP contribution in [0.25, 0.3) is 0 Å². The van der Waals surface area contributed by atoms with Gasteiger partial charge < -0.3 is 10.1 Å². The summed E-state index contributed by atoms with van der Waals surface area (Å²) < 4.78 is 18.9. The maximum atomic E-state index is 13.4. The van der Waals surface area contributed by atoms with Gasteiger partial charge in [-0.1, -0.05) is 26.0 Å². The number of hydrogen-bond donors (Lipinski definition) is 1. The predicted octanol–water partition coefficient (Wildman–Crippen LogP) is 3.67. The maximum Gasteiger partial charge on any atom is 0.165 e. The number of hydrogen-bond acceptors (Lipinski definition) is 4. The Morgan fingerprint density at radius 2 is 2.10 bits per heavy atom. The number of aromatic nitrogens is 1. The fourth-order valence-corrected chi connectivity index (χ4v) is 2.65. The highest BCUT2D eigenvalue weighted by molar-refractivity contribution is 7.11. The Balaban J connectivity index is 1.97. The van der Waals surface area contributed by atoms with E-state index in [0.29, 0.717) is 12.6 Å². The summed E-state index contributed by atoms with van der Waals surface area (Å²) in [5.41, 5.74) is 1.01. The molecule has 1 aromatic carbocycles. The zero-order chi connectivity index (χ0) is 14.5. The van der Waals surface area contributed by atoms with Crippen LogP contribution in [0.3, 0.4) is 0 Å². The third-order valence-electron chi connectivity index (χ3n) is 2.80. The van der Waals surface area contributed by atoms with Gasteiger partial charge in [0.2, 0.25) is 0 Å². The molecular formula is C15H19FN2OS. The van der Waals surface area contributed by atoms with Crippen molar-refractivity contribution in [2.24, 2.45) is 0 Å². The number of nitrogens with one attached hydrogen (secondary N) is 1. The molecule has 108 valence electrons. The van der Waals surface area contributed by atoms with Crippen LogP contribution in [-0.2, 0) is 13.2 Å². The minimum Gasteiger partial charge on any atom is -0.483 e. The SMILES string of the molecule is Cc1nc(COc2ccccc2F)sc1CNC(C)C. The van der Waals surface area contributed by atoms with Crippen LogP contribution < -0.4 is 10.1 Å². The molecule has 0 bridgehead atoms. The van der Waals surface area contributed by atoms with Crippen molar-refractivity contribution in [2.75, 3.05) is 0 Å². The smallest absolute Gasteiger partial charge is 0.165 e. The standard InChI is InChI=1S/C15H19FN2OS/c1-10(2)17-8-14-11(3)18-15(20-14)9-19-13-7-5-4-6-12(13)16/h4-7,10,17H,8-9H2,1-3H3.